The van der Waals surface area contributed by atoms with Crippen LogP contribution in [0.3, 0.4) is 0 Å². The summed E-state index contributed by atoms with van der Waals surface area (Å²) in [5.41, 5.74) is 0. The Kier molecular flexibility index (Phi) is 5.30. The summed E-state index contributed by atoms with van der Waals surface area (Å²) in [5.74, 6) is 0. The van der Waals surface area contributed by atoms with Crippen molar-refractivity contribution in [1.82, 2.24) is 10.2 Å². The van der Waals surface area contributed by atoms with Crippen molar-refractivity contribution in [2.45, 2.75) is 83.3 Å². The summed E-state index contributed by atoms with van der Waals surface area (Å²) in [6.45, 7) is 7.07. The molecule has 1 N–H and O–H groups in total. The van der Waals surface area contributed by atoms with Crippen LogP contribution in [0.4, 0.5) is 0 Å². The minimum atomic E-state index is 0.762. The summed E-state index contributed by atoms with van der Waals surface area (Å²) in [6.07, 6.45) is 11.3. The van der Waals surface area contributed by atoms with Gasteiger partial charge in [-0.1, -0.05) is 33.1 Å². The predicted octanol–water partition coefficient (Wildman–Crippen LogP) is 3.17. The van der Waals surface area contributed by atoms with E-state index >= 15 is 0 Å². The molecule has 100 valence electrons. The van der Waals surface area contributed by atoms with Gasteiger partial charge in [-0.3, -0.25) is 4.90 Å². The molecule has 0 saturated heterocycles. The molecule has 0 aromatic heterocycles. The first-order valence-electron chi connectivity index (χ1n) is 7.86. The summed E-state index contributed by atoms with van der Waals surface area (Å²) in [5, 5.41) is 3.82. The molecule has 2 aliphatic rings. The lowest BCUT2D eigenvalue weighted by molar-refractivity contribution is 0.146. The van der Waals surface area contributed by atoms with E-state index in [1.807, 2.05) is 0 Å². The fourth-order valence-electron chi connectivity index (χ4n) is 3.42. The number of hydrogen-bond acceptors (Lipinski definition) is 2. The molecule has 2 rings (SSSR count). The highest BCUT2D eigenvalue weighted by Gasteiger charge is 2.36. The minimum absolute atomic E-state index is 0.762. The lowest BCUT2D eigenvalue weighted by Gasteiger charge is -2.36. The largest absolute Gasteiger partial charge is 0.312 e. The van der Waals surface area contributed by atoms with Gasteiger partial charge in [-0.25, -0.2) is 0 Å². The number of nitrogens with one attached hydrogen (secondary N) is 1. The fourth-order valence-corrected chi connectivity index (χ4v) is 3.42. The van der Waals surface area contributed by atoms with Crippen molar-refractivity contribution in [3.05, 3.63) is 0 Å². The highest BCUT2D eigenvalue weighted by molar-refractivity contribution is 4.94. The average molecular weight is 238 g/mol. The minimum Gasteiger partial charge on any atom is -0.312 e. The van der Waals surface area contributed by atoms with Gasteiger partial charge in [-0.15, -0.1) is 0 Å². The van der Waals surface area contributed by atoms with Crippen LogP contribution in [0.25, 0.3) is 0 Å². The van der Waals surface area contributed by atoms with Crippen molar-refractivity contribution in [1.29, 1.82) is 0 Å². The predicted molar refractivity (Wildman–Crippen MR) is 74.4 cm³/mol. The molecule has 2 saturated carbocycles. The number of likely N-dealkylation sites (N-methyl/N-ethyl adjacent to an activating group) is 1. The molecule has 17 heavy (non-hydrogen) atoms. The van der Waals surface area contributed by atoms with Crippen LogP contribution in [0.15, 0.2) is 0 Å². The highest BCUT2D eigenvalue weighted by Crippen LogP contribution is 2.33. The van der Waals surface area contributed by atoms with Gasteiger partial charge in [-0.2, -0.15) is 0 Å². The lowest BCUT2D eigenvalue weighted by Crippen LogP contribution is -2.50. The Morgan fingerprint density at radius 2 is 1.76 bits per heavy atom. The molecule has 2 nitrogen and oxygen atoms in total. The van der Waals surface area contributed by atoms with E-state index in [0.29, 0.717) is 0 Å². The molecule has 0 aromatic rings. The zero-order valence-electron chi connectivity index (χ0n) is 11.8. The Balaban J connectivity index is 1.96. The van der Waals surface area contributed by atoms with Crippen LogP contribution in [0, 0.1) is 0 Å². The smallest absolute Gasteiger partial charge is 0.0252 e. The van der Waals surface area contributed by atoms with Gasteiger partial charge in [0.15, 0.2) is 0 Å². The fraction of sp³-hybridized carbons (Fsp3) is 1.00. The Bertz CT molecular complexity index is 213. The van der Waals surface area contributed by atoms with Crippen LogP contribution in [-0.4, -0.2) is 36.1 Å². The normalized spacial score (nSPS) is 30.5. The molecule has 2 fully saturated rings. The molecular weight excluding hydrogens is 208 g/mol. The standard InChI is InChI=1S/C15H30N2/c1-3-12-16-14-8-6-5-7-9-15(14)17(4-2)13-10-11-13/h13-16H,3-12H2,1-2H3. The van der Waals surface area contributed by atoms with E-state index in [0.717, 1.165) is 18.1 Å². The number of hydrogen-bond donors (Lipinski definition) is 1. The quantitative estimate of drug-likeness (QED) is 0.715. The van der Waals surface area contributed by atoms with E-state index in [4.69, 9.17) is 0 Å². The third-order valence-corrected chi connectivity index (χ3v) is 4.44. The molecule has 0 aliphatic heterocycles. The van der Waals surface area contributed by atoms with Crippen molar-refractivity contribution in [2.75, 3.05) is 13.1 Å². The second-order valence-corrected chi connectivity index (χ2v) is 5.83. The molecule has 2 aliphatic carbocycles. The molecule has 0 aromatic carbocycles. The number of rotatable bonds is 6. The zero-order valence-corrected chi connectivity index (χ0v) is 11.8. The SMILES string of the molecule is CCCNC1CCCCCC1N(CC)C1CC1. The van der Waals surface area contributed by atoms with Gasteiger partial charge < -0.3 is 5.32 Å². The molecule has 0 radical (unpaired) electrons. The Labute approximate surface area is 107 Å². The second-order valence-electron chi connectivity index (χ2n) is 5.83. The molecular formula is C15H30N2. The van der Waals surface area contributed by atoms with Gasteiger partial charge in [0, 0.05) is 18.1 Å². The first kappa shape index (κ1) is 13.4. The maximum Gasteiger partial charge on any atom is 0.0252 e. The van der Waals surface area contributed by atoms with Crippen molar-refractivity contribution >= 4 is 0 Å². The average Bonchev–Trinajstić information content (AvgIpc) is 3.16. The summed E-state index contributed by atoms with van der Waals surface area (Å²) >= 11 is 0. The van der Waals surface area contributed by atoms with Crippen LogP contribution in [0.1, 0.15) is 65.2 Å². The maximum atomic E-state index is 3.82. The van der Waals surface area contributed by atoms with Crippen LogP contribution < -0.4 is 5.32 Å². The van der Waals surface area contributed by atoms with Gasteiger partial charge in [-0.05, 0) is 45.2 Å². The molecule has 2 heteroatoms. The van der Waals surface area contributed by atoms with Gasteiger partial charge in [0.1, 0.15) is 0 Å². The van der Waals surface area contributed by atoms with Crippen molar-refractivity contribution in [3.8, 4) is 0 Å². The summed E-state index contributed by atoms with van der Waals surface area (Å²) in [6, 6.07) is 2.51. The van der Waals surface area contributed by atoms with Crippen LogP contribution >= 0.6 is 0 Å². The third-order valence-electron chi connectivity index (χ3n) is 4.44. The lowest BCUT2D eigenvalue weighted by atomic mass is 10.0. The van der Waals surface area contributed by atoms with E-state index in [2.05, 4.69) is 24.1 Å². The highest BCUT2D eigenvalue weighted by atomic mass is 15.2. The second kappa shape index (κ2) is 6.75. The van der Waals surface area contributed by atoms with Crippen LogP contribution in [-0.2, 0) is 0 Å². The zero-order chi connectivity index (χ0) is 12.1. The molecule has 2 atom stereocenters. The monoisotopic (exact) mass is 238 g/mol. The number of nitrogens with zero attached hydrogens (tertiary/aromatic N) is 1. The van der Waals surface area contributed by atoms with Gasteiger partial charge in [0.2, 0.25) is 0 Å². The maximum absolute atomic E-state index is 3.82. The summed E-state index contributed by atoms with van der Waals surface area (Å²) in [4.78, 5) is 2.80. The molecule has 0 amide bonds. The summed E-state index contributed by atoms with van der Waals surface area (Å²) < 4.78 is 0. The Morgan fingerprint density at radius 1 is 1.00 bits per heavy atom. The van der Waals surface area contributed by atoms with E-state index in [9.17, 15) is 0 Å². The summed E-state index contributed by atoms with van der Waals surface area (Å²) in [7, 11) is 0. The first-order chi connectivity index (χ1) is 8.36. The van der Waals surface area contributed by atoms with E-state index in [1.165, 1.54) is 64.5 Å². The van der Waals surface area contributed by atoms with Crippen LogP contribution in [0.5, 0.6) is 0 Å². The topological polar surface area (TPSA) is 15.3 Å². The van der Waals surface area contributed by atoms with E-state index < -0.39 is 0 Å². The van der Waals surface area contributed by atoms with Crippen molar-refractivity contribution < 1.29 is 0 Å². The van der Waals surface area contributed by atoms with Gasteiger partial charge >= 0.3 is 0 Å². The third kappa shape index (κ3) is 3.69. The van der Waals surface area contributed by atoms with E-state index in [1.54, 1.807) is 0 Å². The molecule has 0 spiro atoms. The van der Waals surface area contributed by atoms with E-state index in [-0.39, 0.29) is 0 Å². The Morgan fingerprint density at radius 3 is 2.41 bits per heavy atom. The Hall–Kier alpha value is -0.0800. The first-order valence-corrected chi connectivity index (χ1v) is 7.86. The molecule has 0 bridgehead atoms. The van der Waals surface area contributed by atoms with Crippen molar-refractivity contribution in [3.63, 3.8) is 0 Å². The van der Waals surface area contributed by atoms with Crippen LogP contribution in [0.2, 0.25) is 0 Å². The molecule has 2 unspecified atom stereocenters. The van der Waals surface area contributed by atoms with Gasteiger partial charge in [0.05, 0.1) is 0 Å². The van der Waals surface area contributed by atoms with Gasteiger partial charge in [0.25, 0.3) is 0 Å². The van der Waals surface area contributed by atoms with Crippen molar-refractivity contribution in [2.24, 2.45) is 0 Å². The molecule has 0 heterocycles.